The first kappa shape index (κ1) is 18.5. The van der Waals surface area contributed by atoms with E-state index in [0.29, 0.717) is 0 Å². The van der Waals surface area contributed by atoms with Crippen molar-refractivity contribution in [3.05, 3.63) is 12.2 Å². The topological polar surface area (TPSA) is 99.4 Å². The van der Waals surface area contributed by atoms with Crippen molar-refractivity contribution >= 4 is 0 Å². The second kappa shape index (κ2) is 10.3. The van der Waals surface area contributed by atoms with E-state index in [9.17, 15) is 15.3 Å². The van der Waals surface area contributed by atoms with Crippen LogP contribution in [-0.2, 0) is 9.47 Å². The molecule has 0 aromatic carbocycles. The van der Waals surface area contributed by atoms with Crippen molar-refractivity contribution in [3.8, 4) is 0 Å². The Labute approximate surface area is 126 Å². The minimum atomic E-state index is -1.39. The zero-order valence-corrected chi connectivity index (χ0v) is 12.6. The van der Waals surface area contributed by atoms with E-state index in [4.69, 9.17) is 14.6 Å². The lowest BCUT2D eigenvalue weighted by Crippen LogP contribution is -2.59. The van der Waals surface area contributed by atoms with Crippen LogP contribution in [0.15, 0.2) is 12.2 Å². The molecule has 1 heterocycles. The lowest BCUT2D eigenvalue weighted by molar-refractivity contribution is -0.298. The molecule has 1 fully saturated rings. The number of aliphatic hydroxyl groups is 4. The van der Waals surface area contributed by atoms with Crippen molar-refractivity contribution in [2.24, 2.45) is 0 Å². The van der Waals surface area contributed by atoms with Crippen LogP contribution >= 0.6 is 0 Å². The predicted octanol–water partition coefficient (Wildman–Crippen LogP) is 0.329. The zero-order chi connectivity index (χ0) is 15.7. The maximum atomic E-state index is 9.76. The molecular formula is C15H28O6. The van der Waals surface area contributed by atoms with Gasteiger partial charge in [-0.2, -0.15) is 0 Å². The van der Waals surface area contributed by atoms with Crippen LogP contribution in [0.5, 0.6) is 0 Å². The van der Waals surface area contributed by atoms with E-state index in [1.165, 1.54) is 19.3 Å². The SMILES string of the molecule is CCCCCC/C=C/CO[C@@H]1O[C@H](CO)[C@H](O)[C@H](O)[C@H]1O. The highest BCUT2D eigenvalue weighted by molar-refractivity contribution is 4.89. The molecule has 0 spiro atoms. The minimum absolute atomic E-state index is 0.246. The van der Waals surface area contributed by atoms with E-state index in [-0.39, 0.29) is 6.61 Å². The van der Waals surface area contributed by atoms with E-state index in [2.05, 4.69) is 6.92 Å². The fraction of sp³-hybridized carbons (Fsp3) is 0.867. The molecule has 1 aliphatic rings. The summed E-state index contributed by atoms with van der Waals surface area (Å²) in [6.07, 6.45) is 3.61. The monoisotopic (exact) mass is 304 g/mol. The lowest BCUT2D eigenvalue weighted by atomic mass is 9.99. The third kappa shape index (κ3) is 6.02. The first-order valence-electron chi connectivity index (χ1n) is 7.69. The van der Waals surface area contributed by atoms with Crippen LogP contribution in [0.4, 0.5) is 0 Å². The quantitative estimate of drug-likeness (QED) is 0.362. The smallest absolute Gasteiger partial charge is 0.187 e. The summed E-state index contributed by atoms with van der Waals surface area (Å²) in [4.78, 5) is 0. The number of unbranched alkanes of at least 4 members (excludes halogenated alkanes) is 4. The molecule has 0 bridgehead atoms. The van der Waals surface area contributed by atoms with Gasteiger partial charge in [0.25, 0.3) is 0 Å². The first-order valence-corrected chi connectivity index (χ1v) is 7.69. The summed E-state index contributed by atoms with van der Waals surface area (Å²) < 4.78 is 10.6. The fourth-order valence-corrected chi connectivity index (χ4v) is 2.23. The van der Waals surface area contributed by atoms with Gasteiger partial charge in [0.2, 0.25) is 0 Å². The van der Waals surface area contributed by atoms with Crippen molar-refractivity contribution in [2.45, 2.75) is 69.7 Å². The normalized spacial score (nSPS) is 33.7. The Bertz CT molecular complexity index is 294. The molecule has 0 saturated carbocycles. The standard InChI is InChI=1S/C15H28O6/c1-2-3-4-5-6-7-8-9-20-15-14(19)13(18)12(17)11(10-16)21-15/h7-8,11-19H,2-6,9-10H2,1H3/b8-7+/t11-,12+,13+,14-,15-/m1/s1. The van der Waals surface area contributed by atoms with Crippen LogP contribution in [-0.4, -0.2) is 64.3 Å². The molecule has 4 N–H and O–H groups in total. The van der Waals surface area contributed by atoms with Gasteiger partial charge in [0, 0.05) is 0 Å². The van der Waals surface area contributed by atoms with Gasteiger partial charge in [-0.3, -0.25) is 0 Å². The van der Waals surface area contributed by atoms with Crippen LogP contribution in [0.3, 0.4) is 0 Å². The number of allylic oxidation sites excluding steroid dienone is 1. The average Bonchev–Trinajstić information content (AvgIpc) is 2.49. The van der Waals surface area contributed by atoms with E-state index in [1.807, 2.05) is 12.2 Å². The molecule has 6 nitrogen and oxygen atoms in total. The van der Waals surface area contributed by atoms with Crippen molar-refractivity contribution in [1.82, 2.24) is 0 Å². The number of aliphatic hydroxyl groups excluding tert-OH is 4. The molecule has 0 aromatic heterocycles. The molecule has 0 unspecified atom stereocenters. The molecule has 0 aromatic rings. The molecular weight excluding hydrogens is 276 g/mol. The predicted molar refractivity (Wildman–Crippen MR) is 77.6 cm³/mol. The third-order valence-electron chi connectivity index (χ3n) is 3.60. The Kier molecular flexibility index (Phi) is 9.07. The molecule has 6 heteroatoms. The summed E-state index contributed by atoms with van der Waals surface area (Å²) in [5.74, 6) is 0. The van der Waals surface area contributed by atoms with E-state index < -0.39 is 37.3 Å². The summed E-state index contributed by atoms with van der Waals surface area (Å²) in [6, 6.07) is 0. The van der Waals surface area contributed by atoms with Crippen LogP contribution in [0.1, 0.15) is 39.0 Å². The van der Waals surface area contributed by atoms with Crippen molar-refractivity contribution < 1.29 is 29.9 Å². The van der Waals surface area contributed by atoms with Crippen LogP contribution in [0.25, 0.3) is 0 Å². The average molecular weight is 304 g/mol. The van der Waals surface area contributed by atoms with Gasteiger partial charge >= 0.3 is 0 Å². The van der Waals surface area contributed by atoms with Crippen molar-refractivity contribution in [2.75, 3.05) is 13.2 Å². The third-order valence-corrected chi connectivity index (χ3v) is 3.60. The van der Waals surface area contributed by atoms with Crippen LogP contribution in [0, 0.1) is 0 Å². The largest absolute Gasteiger partial charge is 0.394 e. The zero-order valence-electron chi connectivity index (χ0n) is 12.6. The van der Waals surface area contributed by atoms with Gasteiger partial charge in [0.1, 0.15) is 24.4 Å². The van der Waals surface area contributed by atoms with Crippen molar-refractivity contribution in [1.29, 1.82) is 0 Å². The molecule has 0 radical (unpaired) electrons. The summed E-state index contributed by atoms with van der Waals surface area (Å²) in [6.45, 7) is 1.97. The van der Waals surface area contributed by atoms with Gasteiger partial charge in [-0.05, 0) is 12.8 Å². The van der Waals surface area contributed by atoms with Gasteiger partial charge in [0.05, 0.1) is 13.2 Å². The van der Waals surface area contributed by atoms with Gasteiger partial charge in [0.15, 0.2) is 6.29 Å². The summed E-state index contributed by atoms with van der Waals surface area (Å²) in [7, 11) is 0. The highest BCUT2D eigenvalue weighted by Gasteiger charge is 2.43. The number of hydrogen-bond acceptors (Lipinski definition) is 6. The molecule has 0 amide bonds. The van der Waals surface area contributed by atoms with E-state index in [1.54, 1.807) is 0 Å². The summed E-state index contributed by atoms with van der Waals surface area (Å²) >= 11 is 0. The van der Waals surface area contributed by atoms with Crippen molar-refractivity contribution in [3.63, 3.8) is 0 Å². The summed E-state index contributed by atoms with van der Waals surface area (Å²) in [5, 5.41) is 38.0. The Morgan fingerprint density at radius 3 is 2.43 bits per heavy atom. The maximum Gasteiger partial charge on any atom is 0.187 e. The van der Waals surface area contributed by atoms with E-state index in [0.717, 1.165) is 12.8 Å². The second-order valence-corrected chi connectivity index (χ2v) is 5.35. The molecule has 0 aliphatic carbocycles. The van der Waals surface area contributed by atoms with Crippen LogP contribution < -0.4 is 0 Å². The first-order chi connectivity index (χ1) is 10.1. The number of ether oxygens (including phenoxy) is 2. The van der Waals surface area contributed by atoms with Crippen LogP contribution in [0.2, 0.25) is 0 Å². The number of hydrogen-bond donors (Lipinski definition) is 4. The highest BCUT2D eigenvalue weighted by Crippen LogP contribution is 2.21. The molecule has 124 valence electrons. The van der Waals surface area contributed by atoms with Gasteiger partial charge in [-0.1, -0.05) is 38.3 Å². The second-order valence-electron chi connectivity index (χ2n) is 5.35. The maximum absolute atomic E-state index is 9.76. The van der Waals surface area contributed by atoms with Gasteiger partial charge < -0.3 is 29.9 Å². The van der Waals surface area contributed by atoms with Gasteiger partial charge in [-0.25, -0.2) is 0 Å². The molecule has 1 rings (SSSR count). The Hall–Kier alpha value is -0.500. The Morgan fingerprint density at radius 2 is 1.76 bits per heavy atom. The Morgan fingerprint density at radius 1 is 1.00 bits per heavy atom. The highest BCUT2D eigenvalue weighted by atomic mass is 16.7. The van der Waals surface area contributed by atoms with Gasteiger partial charge in [-0.15, -0.1) is 0 Å². The summed E-state index contributed by atoms with van der Waals surface area (Å²) in [5.41, 5.74) is 0. The lowest BCUT2D eigenvalue weighted by Gasteiger charge is -2.39. The number of rotatable bonds is 9. The molecule has 21 heavy (non-hydrogen) atoms. The Balaban J connectivity index is 2.25. The van der Waals surface area contributed by atoms with E-state index >= 15 is 0 Å². The molecule has 1 saturated heterocycles. The minimum Gasteiger partial charge on any atom is -0.394 e. The fourth-order valence-electron chi connectivity index (χ4n) is 2.23. The molecule has 5 atom stereocenters. The molecule has 1 aliphatic heterocycles.